The Labute approximate surface area is 152 Å². The van der Waals surface area contributed by atoms with Crippen LogP contribution in [0.3, 0.4) is 0 Å². The molecule has 8 heteroatoms. The van der Waals surface area contributed by atoms with Gasteiger partial charge in [-0.05, 0) is 35.4 Å². The van der Waals surface area contributed by atoms with Gasteiger partial charge in [-0.2, -0.15) is 26.3 Å². The third kappa shape index (κ3) is 4.96. The van der Waals surface area contributed by atoms with Crippen LogP contribution in [0.4, 0.5) is 26.3 Å². The maximum absolute atomic E-state index is 12.6. The van der Waals surface area contributed by atoms with Crippen LogP contribution in [0.5, 0.6) is 0 Å². The summed E-state index contributed by atoms with van der Waals surface area (Å²) < 4.78 is 75.4. The van der Waals surface area contributed by atoms with Crippen molar-refractivity contribution in [3.63, 3.8) is 0 Å². The van der Waals surface area contributed by atoms with Gasteiger partial charge in [0.25, 0.3) is 0 Å². The number of hydrogen-bond donors (Lipinski definition) is 0. The summed E-state index contributed by atoms with van der Waals surface area (Å²) >= 11 is 0. The first-order valence-corrected chi connectivity index (χ1v) is 7.91. The van der Waals surface area contributed by atoms with Crippen LogP contribution < -0.4 is 0 Å². The Morgan fingerprint density at radius 3 is 1.22 bits per heavy atom. The van der Waals surface area contributed by atoms with E-state index in [1.54, 1.807) is 22.2 Å². The number of halogens is 6. The predicted octanol–water partition coefficient (Wildman–Crippen LogP) is 5.51. The summed E-state index contributed by atoms with van der Waals surface area (Å²) in [6, 6.07) is 9.69. The summed E-state index contributed by atoms with van der Waals surface area (Å²) in [5, 5.41) is 0. The van der Waals surface area contributed by atoms with Crippen LogP contribution in [-0.2, 0) is 25.4 Å². The van der Waals surface area contributed by atoms with Gasteiger partial charge >= 0.3 is 12.4 Å². The highest BCUT2D eigenvalue weighted by atomic mass is 19.4. The van der Waals surface area contributed by atoms with Gasteiger partial charge in [0, 0.05) is 25.5 Å². The monoisotopic (exact) mass is 384 g/mol. The Kier molecular flexibility index (Phi) is 5.08. The van der Waals surface area contributed by atoms with Crippen LogP contribution in [0.15, 0.2) is 60.9 Å². The Balaban J connectivity index is 1.54. The lowest BCUT2D eigenvalue weighted by molar-refractivity contribution is -0.138. The topological polar surface area (TPSA) is 6.48 Å². The van der Waals surface area contributed by atoms with Crippen molar-refractivity contribution in [1.82, 2.24) is 9.80 Å². The normalized spacial score (nSPS) is 14.9. The van der Waals surface area contributed by atoms with Gasteiger partial charge in [0.2, 0.25) is 6.67 Å². The smallest absolute Gasteiger partial charge is 0.342 e. The van der Waals surface area contributed by atoms with Crippen molar-refractivity contribution in [2.75, 3.05) is 0 Å². The molecule has 1 heterocycles. The van der Waals surface area contributed by atoms with Gasteiger partial charge in [0.15, 0.2) is 0 Å². The maximum Gasteiger partial charge on any atom is 0.416 e. The lowest BCUT2D eigenvalue weighted by Gasteiger charge is -2.19. The molecule has 142 valence electrons. The molecule has 0 aliphatic carbocycles. The zero-order chi connectivity index (χ0) is 19.7. The molecule has 0 N–H and O–H groups in total. The average molecular weight is 384 g/mol. The number of nitrogens with zero attached hydrogens (tertiary/aromatic N) is 2. The highest BCUT2D eigenvalue weighted by Crippen LogP contribution is 2.30. The highest BCUT2D eigenvalue weighted by Gasteiger charge is 2.30. The van der Waals surface area contributed by atoms with Crippen molar-refractivity contribution in [2.45, 2.75) is 25.4 Å². The van der Waals surface area contributed by atoms with E-state index in [2.05, 4.69) is 6.67 Å². The van der Waals surface area contributed by atoms with E-state index in [0.29, 0.717) is 24.2 Å². The van der Waals surface area contributed by atoms with E-state index >= 15 is 0 Å². The quantitative estimate of drug-likeness (QED) is 0.642. The molecule has 2 nitrogen and oxygen atoms in total. The van der Waals surface area contributed by atoms with E-state index in [-0.39, 0.29) is 0 Å². The summed E-state index contributed by atoms with van der Waals surface area (Å²) in [6.07, 6.45) is -5.35. The molecule has 0 atom stereocenters. The van der Waals surface area contributed by atoms with E-state index < -0.39 is 23.5 Å². The molecule has 27 heavy (non-hydrogen) atoms. The average Bonchev–Trinajstić information content (AvgIpc) is 3.01. The minimum Gasteiger partial charge on any atom is -0.342 e. The van der Waals surface area contributed by atoms with Gasteiger partial charge in [-0.1, -0.05) is 24.3 Å². The van der Waals surface area contributed by atoms with E-state index in [9.17, 15) is 26.3 Å². The fourth-order valence-corrected chi connectivity index (χ4v) is 2.56. The molecule has 0 saturated heterocycles. The third-order valence-electron chi connectivity index (χ3n) is 3.95. The second-order valence-corrected chi connectivity index (χ2v) is 6.04. The third-order valence-corrected chi connectivity index (χ3v) is 3.95. The Hall–Kier alpha value is -2.64. The molecule has 2 aromatic carbocycles. The van der Waals surface area contributed by atoms with E-state index in [1.807, 2.05) is 0 Å². The first kappa shape index (κ1) is 19.1. The standard InChI is InChI=1S/C19H14F6N2/c20-18(21,22)16-5-1-14(2-6-16)11-26-9-10-27(13-26)12-15-3-7-17(8-4-15)19(23,24)25/h1-10H,11-12H2. The molecule has 0 saturated carbocycles. The van der Waals surface area contributed by atoms with Gasteiger partial charge in [0.1, 0.15) is 0 Å². The molecular weight excluding hydrogens is 370 g/mol. The van der Waals surface area contributed by atoms with Crippen LogP contribution in [0.25, 0.3) is 0 Å². The Morgan fingerprint density at radius 1 is 0.593 bits per heavy atom. The van der Waals surface area contributed by atoms with Crippen molar-refractivity contribution in [1.29, 1.82) is 0 Å². The largest absolute Gasteiger partial charge is 0.416 e. The Morgan fingerprint density at radius 2 is 0.926 bits per heavy atom. The van der Waals surface area contributed by atoms with E-state index in [1.165, 1.54) is 24.3 Å². The SMILES string of the molecule is FC(F)(F)c1ccc(CN2[C]N(Cc3ccc(C(F)(F)F)cc3)C=C2)cc1. The van der Waals surface area contributed by atoms with Crippen LogP contribution in [0, 0.1) is 6.67 Å². The number of benzene rings is 2. The molecule has 3 rings (SSSR count). The predicted molar refractivity (Wildman–Crippen MR) is 86.4 cm³/mol. The van der Waals surface area contributed by atoms with Crippen molar-refractivity contribution >= 4 is 0 Å². The zero-order valence-electron chi connectivity index (χ0n) is 13.8. The minimum absolute atomic E-state index is 0.331. The summed E-state index contributed by atoms with van der Waals surface area (Å²) in [5.41, 5.74) is -0.0618. The minimum atomic E-state index is -4.37. The van der Waals surface area contributed by atoms with Crippen molar-refractivity contribution in [2.24, 2.45) is 0 Å². The molecule has 1 aliphatic rings. The molecule has 0 unspecified atom stereocenters. The second-order valence-electron chi connectivity index (χ2n) is 6.04. The molecular formula is C19H14F6N2. The van der Waals surface area contributed by atoms with Gasteiger partial charge in [0.05, 0.1) is 11.1 Å². The molecule has 0 fully saturated rings. The van der Waals surface area contributed by atoms with Crippen molar-refractivity contribution in [3.8, 4) is 0 Å². The highest BCUT2D eigenvalue weighted by molar-refractivity contribution is 5.26. The summed E-state index contributed by atoms with van der Waals surface area (Å²) in [6.45, 7) is 3.65. The number of hydrogen-bond acceptors (Lipinski definition) is 2. The lowest BCUT2D eigenvalue weighted by Crippen LogP contribution is -2.19. The Bertz CT molecular complexity index is 723. The number of rotatable bonds is 4. The maximum atomic E-state index is 12.6. The van der Waals surface area contributed by atoms with Gasteiger partial charge in [-0.15, -0.1) is 0 Å². The van der Waals surface area contributed by atoms with Crippen LogP contribution >= 0.6 is 0 Å². The molecule has 0 aromatic heterocycles. The lowest BCUT2D eigenvalue weighted by atomic mass is 10.1. The first-order chi connectivity index (χ1) is 12.6. The van der Waals surface area contributed by atoms with E-state index in [4.69, 9.17) is 0 Å². The van der Waals surface area contributed by atoms with Crippen LogP contribution in [0.1, 0.15) is 22.3 Å². The molecule has 0 bridgehead atoms. The van der Waals surface area contributed by atoms with Gasteiger partial charge < -0.3 is 9.80 Å². The fourth-order valence-electron chi connectivity index (χ4n) is 2.56. The second kappa shape index (κ2) is 7.17. The number of alkyl halides is 6. The van der Waals surface area contributed by atoms with Crippen molar-refractivity contribution in [3.05, 3.63) is 89.9 Å². The first-order valence-electron chi connectivity index (χ1n) is 7.91. The zero-order valence-corrected chi connectivity index (χ0v) is 13.8. The fraction of sp³-hybridized carbons (Fsp3) is 0.211. The van der Waals surface area contributed by atoms with Crippen molar-refractivity contribution < 1.29 is 26.3 Å². The molecule has 0 spiro atoms. The summed E-state index contributed by atoms with van der Waals surface area (Å²) in [5.74, 6) is 0. The van der Waals surface area contributed by atoms with Crippen LogP contribution in [-0.4, -0.2) is 9.80 Å². The summed E-state index contributed by atoms with van der Waals surface area (Å²) in [4.78, 5) is 3.32. The molecule has 2 aromatic rings. The molecule has 2 radical (unpaired) electrons. The van der Waals surface area contributed by atoms with Gasteiger partial charge in [-0.3, -0.25) is 0 Å². The summed E-state index contributed by atoms with van der Waals surface area (Å²) in [7, 11) is 0. The van der Waals surface area contributed by atoms with E-state index in [0.717, 1.165) is 24.3 Å². The molecule has 1 aliphatic heterocycles. The van der Waals surface area contributed by atoms with Crippen LogP contribution in [0.2, 0.25) is 0 Å². The molecule has 0 amide bonds. The van der Waals surface area contributed by atoms with Gasteiger partial charge in [-0.25, -0.2) is 0 Å².